The van der Waals surface area contributed by atoms with Gasteiger partial charge >= 0.3 is 0 Å². The number of aryl methyl sites for hydroxylation is 1. The Labute approximate surface area is 203 Å². The van der Waals surface area contributed by atoms with Gasteiger partial charge in [-0.15, -0.1) is 0 Å². The highest BCUT2D eigenvalue weighted by Gasteiger charge is 2.20. The fourth-order valence-corrected chi connectivity index (χ4v) is 3.52. The minimum absolute atomic E-state index is 0.378. The molecule has 1 aromatic rings. The minimum Gasteiger partial charge on any atom is -0.508 e. The second-order valence-corrected chi connectivity index (χ2v) is 10.3. The summed E-state index contributed by atoms with van der Waals surface area (Å²) in [6.45, 7) is 18.7. The Bertz CT molecular complexity index is 789. The second kappa shape index (κ2) is 16.5. The predicted molar refractivity (Wildman–Crippen MR) is 142 cm³/mol. The van der Waals surface area contributed by atoms with E-state index in [9.17, 15) is 14.7 Å². The summed E-state index contributed by atoms with van der Waals surface area (Å²) >= 11 is 0. The van der Waals surface area contributed by atoms with Crippen molar-refractivity contribution in [1.29, 1.82) is 0 Å². The van der Waals surface area contributed by atoms with Crippen LogP contribution in [0.15, 0.2) is 41.0 Å². The van der Waals surface area contributed by atoms with E-state index in [1.165, 1.54) is 23.1 Å². The summed E-state index contributed by atoms with van der Waals surface area (Å²) in [6.07, 6.45) is 9.13. The van der Waals surface area contributed by atoms with E-state index in [-0.39, 0.29) is 0 Å². The molecule has 1 aliphatic carbocycles. The fourth-order valence-electron chi connectivity index (χ4n) is 3.52. The Morgan fingerprint density at radius 3 is 2.24 bits per heavy atom. The van der Waals surface area contributed by atoms with Crippen molar-refractivity contribution in [2.75, 3.05) is 0 Å². The van der Waals surface area contributed by atoms with Crippen LogP contribution >= 0.6 is 0 Å². The van der Waals surface area contributed by atoms with E-state index >= 15 is 0 Å². The van der Waals surface area contributed by atoms with Crippen LogP contribution in [0.1, 0.15) is 111 Å². The third kappa shape index (κ3) is 13.9. The Kier molecular flexibility index (Phi) is 15.4. The molecule has 1 N–H and O–H groups in total. The highest BCUT2D eigenvalue weighted by Crippen LogP contribution is 2.26. The predicted octanol–water partition coefficient (Wildman–Crippen LogP) is 8.49. The first-order valence-corrected chi connectivity index (χ1v) is 12.4. The molecular formula is C30H48O3. The second-order valence-electron chi connectivity index (χ2n) is 10.3. The average molecular weight is 457 g/mol. The first kappa shape index (κ1) is 30.8. The number of ketones is 1. The lowest BCUT2D eigenvalue weighted by Crippen LogP contribution is -2.16. The van der Waals surface area contributed by atoms with E-state index in [0.29, 0.717) is 35.7 Å². The van der Waals surface area contributed by atoms with Gasteiger partial charge in [-0.2, -0.15) is 0 Å². The minimum atomic E-state index is 0.378. The standard InChI is InChI=1S/C10H14O.C10H16O.C10H18O/c1-7(2)9-5-4-8(3)10(11)6-9;1-7(2)9-5-4-8(3)6-10(9)11;1-9(2)5-4-6-10(3)7-8-11/h4-7,11H,1-3H3;8H,4-6H2,1-3H3;5,8,10H,4,6-7H2,1-3H3/t;8-;/m.1./s1. The van der Waals surface area contributed by atoms with Crippen molar-refractivity contribution >= 4 is 12.1 Å². The number of aromatic hydroxyl groups is 1. The van der Waals surface area contributed by atoms with Gasteiger partial charge in [-0.3, -0.25) is 4.79 Å². The van der Waals surface area contributed by atoms with Crippen molar-refractivity contribution < 1.29 is 14.7 Å². The summed E-state index contributed by atoms with van der Waals surface area (Å²) in [5.74, 6) is 2.41. The maximum atomic E-state index is 11.4. The van der Waals surface area contributed by atoms with Crippen molar-refractivity contribution in [3.05, 3.63) is 52.1 Å². The van der Waals surface area contributed by atoms with E-state index in [0.717, 1.165) is 43.1 Å². The van der Waals surface area contributed by atoms with Crippen LogP contribution in [0.5, 0.6) is 5.75 Å². The molecule has 3 nitrogen and oxygen atoms in total. The molecule has 0 radical (unpaired) electrons. The monoisotopic (exact) mass is 456 g/mol. The van der Waals surface area contributed by atoms with Crippen LogP contribution in [0.25, 0.3) is 0 Å². The molecule has 0 saturated heterocycles. The van der Waals surface area contributed by atoms with Gasteiger partial charge in [-0.25, -0.2) is 0 Å². The number of phenols is 1. The zero-order valence-electron chi connectivity index (χ0n) is 22.6. The molecule has 0 aromatic heterocycles. The molecule has 2 atom stereocenters. The summed E-state index contributed by atoms with van der Waals surface area (Å²) in [6, 6.07) is 5.84. The number of aldehydes is 1. The fraction of sp³-hybridized carbons (Fsp3) is 0.600. The third-order valence-corrected chi connectivity index (χ3v) is 5.97. The molecule has 1 fully saturated rings. The quantitative estimate of drug-likeness (QED) is 0.265. The number of benzene rings is 1. The van der Waals surface area contributed by atoms with Gasteiger partial charge in [-0.1, -0.05) is 57.0 Å². The van der Waals surface area contributed by atoms with Crippen molar-refractivity contribution in [2.45, 2.75) is 107 Å². The van der Waals surface area contributed by atoms with E-state index < -0.39 is 0 Å². The van der Waals surface area contributed by atoms with Gasteiger partial charge < -0.3 is 9.90 Å². The number of allylic oxidation sites excluding steroid dienone is 4. The zero-order chi connectivity index (χ0) is 25.6. The highest BCUT2D eigenvalue weighted by molar-refractivity contribution is 5.96. The summed E-state index contributed by atoms with van der Waals surface area (Å²) in [5.41, 5.74) is 5.79. The summed E-state index contributed by atoms with van der Waals surface area (Å²) in [5, 5.41) is 9.35. The summed E-state index contributed by atoms with van der Waals surface area (Å²) < 4.78 is 0. The molecule has 0 spiro atoms. The molecular weight excluding hydrogens is 408 g/mol. The number of rotatable bonds is 6. The van der Waals surface area contributed by atoms with Crippen molar-refractivity contribution in [2.24, 2.45) is 11.8 Å². The molecule has 0 amide bonds. The zero-order valence-corrected chi connectivity index (χ0v) is 22.6. The number of carbonyl (C=O) groups excluding carboxylic acids is 2. The molecule has 0 bridgehead atoms. The van der Waals surface area contributed by atoms with Gasteiger partial charge in [0.2, 0.25) is 0 Å². The number of hydrogen-bond acceptors (Lipinski definition) is 3. The van der Waals surface area contributed by atoms with Crippen LogP contribution in [-0.2, 0) is 9.59 Å². The third-order valence-electron chi connectivity index (χ3n) is 5.97. The molecule has 186 valence electrons. The highest BCUT2D eigenvalue weighted by atomic mass is 16.3. The first-order chi connectivity index (χ1) is 15.4. The van der Waals surface area contributed by atoms with Gasteiger partial charge in [0.25, 0.3) is 0 Å². The number of hydrogen-bond donors (Lipinski definition) is 1. The largest absolute Gasteiger partial charge is 0.508 e. The van der Waals surface area contributed by atoms with Crippen molar-refractivity contribution in [1.82, 2.24) is 0 Å². The maximum Gasteiger partial charge on any atom is 0.159 e. The normalized spacial score (nSPS) is 16.1. The van der Waals surface area contributed by atoms with E-state index in [1.54, 1.807) is 0 Å². The van der Waals surface area contributed by atoms with Gasteiger partial charge in [0, 0.05) is 12.8 Å². The SMILES string of the molecule is CC(C)=C1CC[C@@H](C)CC1=O.CC(C)=CCCC(C)CC=O.Cc1ccc(C(C)C)cc1O. The lowest BCUT2D eigenvalue weighted by atomic mass is 9.84. The van der Waals surface area contributed by atoms with Gasteiger partial charge in [0.15, 0.2) is 5.78 Å². The lowest BCUT2D eigenvalue weighted by Gasteiger charge is -2.19. The Morgan fingerprint density at radius 2 is 1.79 bits per heavy atom. The van der Waals surface area contributed by atoms with Crippen LogP contribution < -0.4 is 0 Å². The first-order valence-electron chi connectivity index (χ1n) is 12.4. The van der Waals surface area contributed by atoms with Crippen LogP contribution in [0.3, 0.4) is 0 Å². The van der Waals surface area contributed by atoms with Crippen LogP contribution in [0, 0.1) is 18.8 Å². The van der Waals surface area contributed by atoms with Gasteiger partial charge in [-0.05, 0) is 101 Å². The molecule has 1 aliphatic rings. The summed E-state index contributed by atoms with van der Waals surface area (Å²) in [4.78, 5) is 21.5. The molecule has 1 saturated carbocycles. The Hall–Kier alpha value is -2.16. The smallest absolute Gasteiger partial charge is 0.159 e. The molecule has 0 heterocycles. The Balaban J connectivity index is 0.000000465. The molecule has 0 aliphatic heterocycles. The Morgan fingerprint density at radius 1 is 1.15 bits per heavy atom. The molecule has 2 rings (SSSR count). The van der Waals surface area contributed by atoms with Crippen LogP contribution in [0.4, 0.5) is 0 Å². The topological polar surface area (TPSA) is 54.4 Å². The van der Waals surface area contributed by atoms with Crippen LogP contribution in [0.2, 0.25) is 0 Å². The van der Waals surface area contributed by atoms with Crippen molar-refractivity contribution in [3.63, 3.8) is 0 Å². The molecule has 3 heteroatoms. The number of carbonyl (C=O) groups is 2. The number of phenolic OH excluding ortho intramolecular Hbond substituents is 1. The van der Waals surface area contributed by atoms with E-state index in [4.69, 9.17) is 0 Å². The molecule has 1 aromatic carbocycles. The average Bonchev–Trinajstić information content (AvgIpc) is 2.70. The van der Waals surface area contributed by atoms with Crippen molar-refractivity contribution in [3.8, 4) is 5.75 Å². The van der Waals surface area contributed by atoms with Gasteiger partial charge in [0.1, 0.15) is 12.0 Å². The maximum absolute atomic E-state index is 11.4. The number of Topliss-reactive ketones (excluding diaryl/α,β-unsaturated/α-hetero) is 1. The molecule has 1 unspecified atom stereocenters. The molecule has 33 heavy (non-hydrogen) atoms. The lowest BCUT2D eigenvalue weighted by molar-refractivity contribution is -0.117. The van der Waals surface area contributed by atoms with E-state index in [2.05, 4.69) is 53.7 Å². The van der Waals surface area contributed by atoms with Crippen LogP contribution in [-0.4, -0.2) is 17.2 Å². The van der Waals surface area contributed by atoms with Gasteiger partial charge in [0.05, 0.1) is 0 Å². The summed E-state index contributed by atoms with van der Waals surface area (Å²) in [7, 11) is 0. The van der Waals surface area contributed by atoms with E-state index in [1.807, 2.05) is 32.9 Å².